The van der Waals surface area contributed by atoms with Gasteiger partial charge in [0.25, 0.3) is 0 Å². The SMILES string of the molecule is C[C](C)C(C)(C)[O]. The summed E-state index contributed by atoms with van der Waals surface area (Å²) in [5.41, 5.74) is -0.833. The Labute approximate surface area is 45.4 Å². The highest BCUT2D eigenvalue weighted by Crippen LogP contribution is 2.16. The Hall–Kier alpha value is -0.0400. The lowest BCUT2D eigenvalue weighted by Crippen LogP contribution is -2.22. The maximum absolute atomic E-state index is 10.8. The van der Waals surface area contributed by atoms with Crippen molar-refractivity contribution >= 4 is 0 Å². The zero-order valence-corrected chi connectivity index (χ0v) is 5.41. The minimum Gasteiger partial charge on any atom is -0.229 e. The van der Waals surface area contributed by atoms with E-state index in [2.05, 4.69) is 0 Å². The molecule has 42 valence electrons. The summed E-state index contributed by atoms with van der Waals surface area (Å²) in [6.45, 7) is 7.05. The molecule has 2 radical (unpaired) electrons. The molecule has 0 aliphatic heterocycles. The Bertz CT molecular complexity index is 49.7. The molecule has 0 atom stereocenters. The van der Waals surface area contributed by atoms with Crippen LogP contribution in [0.4, 0.5) is 0 Å². The molecule has 0 amide bonds. The molecule has 0 heterocycles. The fraction of sp³-hybridized carbons (Fsp3) is 0.833. The first-order valence-electron chi connectivity index (χ1n) is 2.45. The maximum atomic E-state index is 10.8. The molecule has 0 aromatic rings. The molecule has 0 bridgehead atoms. The van der Waals surface area contributed by atoms with Crippen LogP contribution in [0.15, 0.2) is 0 Å². The van der Waals surface area contributed by atoms with Crippen LogP contribution in [0.1, 0.15) is 27.7 Å². The standard InChI is InChI=1S/C6H12O/c1-5(2)6(3,4)7/h1-4H3. The second kappa shape index (κ2) is 1.83. The summed E-state index contributed by atoms with van der Waals surface area (Å²) in [6.07, 6.45) is 0. The Balaban J connectivity index is 3.54. The Morgan fingerprint density at radius 3 is 1.43 bits per heavy atom. The highest BCUT2D eigenvalue weighted by atomic mass is 16.3. The van der Waals surface area contributed by atoms with Gasteiger partial charge >= 0.3 is 0 Å². The summed E-state index contributed by atoms with van der Waals surface area (Å²) in [7, 11) is 0. The van der Waals surface area contributed by atoms with Crippen LogP contribution in [0.3, 0.4) is 0 Å². The lowest BCUT2D eigenvalue weighted by molar-refractivity contribution is 0.0188. The molecule has 0 fully saturated rings. The van der Waals surface area contributed by atoms with E-state index >= 15 is 0 Å². The van der Waals surface area contributed by atoms with Crippen LogP contribution >= 0.6 is 0 Å². The van der Waals surface area contributed by atoms with Crippen molar-refractivity contribution in [2.45, 2.75) is 33.3 Å². The van der Waals surface area contributed by atoms with Gasteiger partial charge in [0.1, 0.15) is 5.60 Å². The van der Waals surface area contributed by atoms with Crippen LogP contribution < -0.4 is 0 Å². The first kappa shape index (κ1) is 6.96. The van der Waals surface area contributed by atoms with E-state index in [9.17, 15) is 5.11 Å². The van der Waals surface area contributed by atoms with Crippen molar-refractivity contribution in [2.24, 2.45) is 0 Å². The summed E-state index contributed by atoms with van der Waals surface area (Å²) >= 11 is 0. The van der Waals surface area contributed by atoms with E-state index in [-0.39, 0.29) is 0 Å². The molecule has 0 aliphatic carbocycles. The second-order valence-corrected chi connectivity index (χ2v) is 2.51. The summed E-state index contributed by atoms with van der Waals surface area (Å²) in [5.74, 6) is 0.938. The van der Waals surface area contributed by atoms with Crippen molar-refractivity contribution in [2.75, 3.05) is 0 Å². The highest BCUT2D eigenvalue weighted by molar-refractivity contribution is 4.94. The molecule has 1 heteroatoms. The third kappa shape index (κ3) is 2.63. The topological polar surface area (TPSA) is 19.9 Å². The smallest absolute Gasteiger partial charge is 0.104 e. The van der Waals surface area contributed by atoms with Crippen LogP contribution in [0.2, 0.25) is 0 Å². The zero-order chi connectivity index (χ0) is 6.08. The van der Waals surface area contributed by atoms with E-state index in [4.69, 9.17) is 0 Å². The molecule has 0 rings (SSSR count). The van der Waals surface area contributed by atoms with Gasteiger partial charge in [-0.3, -0.25) is 0 Å². The lowest BCUT2D eigenvalue weighted by Gasteiger charge is -2.17. The van der Waals surface area contributed by atoms with Crippen LogP contribution in [-0.2, 0) is 5.11 Å². The predicted molar refractivity (Wildman–Crippen MR) is 29.4 cm³/mol. The molecule has 0 saturated heterocycles. The van der Waals surface area contributed by atoms with Gasteiger partial charge in [0.2, 0.25) is 0 Å². The van der Waals surface area contributed by atoms with Gasteiger partial charge in [-0.05, 0) is 13.8 Å². The first-order valence-corrected chi connectivity index (χ1v) is 2.45. The van der Waals surface area contributed by atoms with E-state index in [0.29, 0.717) is 0 Å². The zero-order valence-electron chi connectivity index (χ0n) is 5.41. The van der Waals surface area contributed by atoms with Crippen molar-refractivity contribution in [3.05, 3.63) is 5.92 Å². The van der Waals surface area contributed by atoms with Gasteiger partial charge in [0.15, 0.2) is 0 Å². The largest absolute Gasteiger partial charge is 0.229 e. The summed E-state index contributed by atoms with van der Waals surface area (Å²) < 4.78 is 0. The first-order chi connectivity index (χ1) is 2.94. The van der Waals surface area contributed by atoms with Crippen LogP contribution in [-0.4, -0.2) is 5.60 Å². The molecule has 0 saturated carbocycles. The van der Waals surface area contributed by atoms with Gasteiger partial charge in [0, 0.05) is 5.92 Å². The van der Waals surface area contributed by atoms with Crippen LogP contribution in [0.5, 0.6) is 0 Å². The Morgan fingerprint density at radius 1 is 1.29 bits per heavy atom. The molecule has 0 aromatic heterocycles. The van der Waals surface area contributed by atoms with E-state index in [1.807, 2.05) is 13.8 Å². The van der Waals surface area contributed by atoms with Crippen molar-refractivity contribution < 1.29 is 5.11 Å². The molecule has 0 unspecified atom stereocenters. The van der Waals surface area contributed by atoms with Gasteiger partial charge in [-0.1, -0.05) is 13.8 Å². The number of rotatable bonds is 1. The monoisotopic (exact) mass is 100 g/mol. The average molecular weight is 100 g/mol. The number of hydrogen-bond acceptors (Lipinski definition) is 0. The van der Waals surface area contributed by atoms with Crippen LogP contribution in [0.25, 0.3) is 0 Å². The van der Waals surface area contributed by atoms with E-state index in [1.165, 1.54) is 0 Å². The quantitative estimate of drug-likeness (QED) is 0.479. The van der Waals surface area contributed by atoms with E-state index in [0.717, 1.165) is 5.92 Å². The molecule has 7 heavy (non-hydrogen) atoms. The minimum absolute atomic E-state index is 0.833. The Morgan fingerprint density at radius 2 is 1.43 bits per heavy atom. The molecule has 0 N–H and O–H groups in total. The maximum Gasteiger partial charge on any atom is 0.104 e. The predicted octanol–water partition coefficient (Wildman–Crippen LogP) is 1.81. The highest BCUT2D eigenvalue weighted by Gasteiger charge is 2.19. The molecule has 1 nitrogen and oxygen atoms in total. The second-order valence-electron chi connectivity index (χ2n) is 2.51. The summed E-state index contributed by atoms with van der Waals surface area (Å²) in [5, 5.41) is 10.8. The number of hydrogen-bond donors (Lipinski definition) is 0. The normalized spacial score (nSPS) is 12.9. The Kier molecular flexibility index (Phi) is 1.82. The van der Waals surface area contributed by atoms with E-state index < -0.39 is 5.60 Å². The fourth-order valence-corrected chi connectivity index (χ4v) is 0. The van der Waals surface area contributed by atoms with Gasteiger partial charge < -0.3 is 0 Å². The van der Waals surface area contributed by atoms with Gasteiger partial charge in [-0.15, -0.1) is 0 Å². The third-order valence-electron chi connectivity index (χ3n) is 1.20. The summed E-state index contributed by atoms with van der Waals surface area (Å²) in [6, 6.07) is 0. The lowest BCUT2D eigenvalue weighted by atomic mass is 9.95. The van der Waals surface area contributed by atoms with E-state index in [1.54, 1.807) is 13.8 Å². The molecular weight excluding hydrogens is 88.1 g/mol. The van der Waals surface area contributed by atoms with Crippen molar-refractivity contribution in [1.29, 1.82) is 0 Å². The van der Waals surface area contributed by atoms with Gasteiger partial charge in [-0.25, -0.2) is 5.11 Å². The van der Waals surface area contributed by atoms with Crippen LogP contribution in [0, 0.1) is 5.92 Å². The van der Waals surface area contributed by atoms with Gasteiger partial charge in [-0.2, -0.15) is 0 Å². The molecule has 0 aromatic carbocycles. The third-order valence-corrected chi connectivity index (χ3v) is 1.20. The van der Waals surface area contributed by atoms with Crippen molar-refractivity contribution in [1.82, 2.24) is 0 Å². The fourth-order valence-electron chi connectivity index (χ4n) is 0. The summed E-state index contributed by atoms with van der Waals surface area (Å²) in [4.78, 5) is 0. The van der Waals surface area contributed by atoms with Gasteiger partial charge in [0.05, 0.1) is 0 Å². The minimum atomic E-state index is -0.833. The average Bonchev–Trinajstić information content (AvgIpc) is 1.31. The molecule has 0 spiro atoms. The molecule has 0 aliphatic rings. The van der Waals surface area contributed by atoms with Crippen molar-refractivity contribution in [3.63, 3.8) is 0 Å². The molecular formula is C6H12O. The van der Waals surface area contributed by atoms with Crippen molar-refractivity contribution in [3.8, 4) is 0 Å².